The van der Waals surface area contributed by atoms with Crippen LogP contribution in [0.1, 0.15) is 42.9 Å². The zero-order chi connectivity index (χ0) is 14.7. The van der Waals surface area contributed by atoms with Crippen LogP contribution in [-0.2, 0) is 0 Å². The predicted molar refractivity (Wildman–Crippen MR) is 86.8 cm³/mol. The lowest BCUT2D eigenvalue weighted by Crippen LogP contribution is -2.31. The smallest absolute Gasteiger partial charge is 0.115 e. The second kappa shape index (κ2) is 6.50. The third-order valence-electron chi connectivity index (χ3n) is 4.19. The number of phenols is 1. The average molecular weight is 302 g/mol. The van der Waals surface area contributed by atoms with Gasteiger partial charge in [0.2, 0.25) is 0 Å². The van der Waals surface area contributed by atoms with Crippen LogP contribution in [0.4, 0.5) is 0 Å². The fraction of sp³-hybridized carbons (Fsp3) is 0.333. The van der Waals surface area contributed by atoms with Crippen molar-refractivity contribution < 1.29 is 5.11 Å². The summed E-state index contributed by atoms with van der Waals surface area (Å²) < 4.78 is 0. The van der Waals surface area contributed by atoms with Crippen molar-refractivity contribution in [2.75, 3.05) is 0 Å². The number of benzene rings is 2. The largest absolute Gasteiger partial charge is 0.508 e. The highest BCUT2D eigenvalue weighted by molar-refractivity contribution is 6.30. The number of hydrogen-bond acceptors (Lipinski definition) is 2. The van der Waals surface area contributed by atoms with Gasteiger partial charge in [0, 0.05) is 11.1 Å². The van der Waals surface area contributed by atoms with Gasteiger partial charge >= 0.3 is 0 Å². The topological polar surface area (TPSA) is 32.3 Å². The maximum Gasteiger partial charge on any atom is 0.115 e. The van der Waals surface area contributed by atoms with Gasteiger partial charge in [-0.15, -0.1) is 0 Å². The van der Waals surface area contributed by atoms with E-state index in [4.69, 9.17) is 11.6 Å². The SMILES string of the molecule is Oc1ccc(C(NC2CCCC2)c2ccc(Cl)cc2)cc1. The lowest BCUT2D eigenvalue weighted by atomic mass is 9.97. The monoisotopic (exact) mass is 301 g/mol. The molecule has 3 rings (SSSR count). The summed E-state index contributed by atoms with van der Waals surface area (Å²) in [4.78, 5) is 0. The summed E-state index contributed by atoms with van der Waals surface area (Å²) in [6.45, 7) is 0. The van der Waals surface area contributed by atoms with E-state index in [1.165, 1.54) is 36.8 Å². The zero-order valence-corrected chi connectivity index (χ0v) is 12.7. The minimum atomic E-state index is 0.144. The number of halogens is 1. The van der Waals surface area contributed by atoms with Crippen LogP contribution in [0.5, 0.6) is 5.75 Å². The molecule has 21 heavy (non-hydrogen) atoms. The molecule has 1 aliphatic rings. The first kappa shape index (κ1) is 14.4. The minimum Gasteiger partial charge on any atom is -0.508 e. The summed E-state index contributed by atoms with van der Waals surface area (Å²) >= 11 is 6.00. The lowest BCUT2D eigenvalue weighted by Gasteiger charge is -2.24. The second-order valence-electron chi connectivity index (χ2n) is 5.72. The molecule has 1 unspecified atom stereocenters. The first-order valence-electron chi connectivity index (χ1n) is 7.53. The molecule has 2 aromatic carbocycles. The van der Waals surface area contributed by atoms with Crippen LogP contribution in [0, 0.1) is 0 Å². The molecule has 1 aliphatic carbocycles. The van der Waals surface area contributed by atoms with E-state index in [9.17, 15) is 5.11 Å². The molecule has 3 heteroatoms. The van der Waals surface area contributed by atoms with Gasteiger partial charge in [0.15, 0.2) is 0 Å². The van der Waals surface area contributed by atoms with E-state index in [1.807, 2.05) is 24.3 Å². The predicted octanol–water partition coefficient (Wildman–Crippen LogP) is 4.67. The number of rotatable bonds is 4. The highest BCUT2D eigenvalue weighted by Gasteiger charge is 2.21. The fourth-order valence-corrected chi connectivity index (χ4v) is 3.16. The van der Waals surface area contributed by atoms with Gasteiger partial charge in [-0.1, -0.05) is 48.7 Å². The van der Waals surface area contributed by atoms with Crippen molar-refractivity contribution in [3.63, 3.8) is 0 Å². The quantitative estimate of drug-likeness (QED) is 0.860. The molecular weight excluding hydrogens is 282 g/mol. The van der Waals surface area contributed by atoms with E-state index in [0.29, 0.717) is 11.8 Å². The maximum atomic E-state index is 9.49. The van der Waals surface area contributed by atoms with Crippen LogP contribution < -0.4 is 5.32 Å². The van der Waals surface area contributed by atoms with Crippen molar-refractivity contribution in [3.05, 3.63) is 64.7 Å². The molecule has 0 heterocycles. The molecule has 0 radical (unpaired) electrons. The lowest BCUT2D eigenvalue weighted by molar-refractivity contribution is 0.469. The van der Waals surface area contributed by atoms with E-state index in [2.05, 4.69) is 17.4 Å². The Bertz CT molecular complexity index is 528. The van der Waals surface area contributed by atoms with Crippen molar-refractivity contribution in [1.82, 2.24) is 5.32 Å². The van der Waals surface area contributed by atoms with E-state index < -0.39 is 0 Å². The molecule has 0 bridgehead atoms. The number of aromatic hydroxyl groups is 1. The normalized spacial score (nSPS) is 17.0. The average Bonchev–Trinajstić information content (AvgIpc) is 3.00. The first-order chi connectivity index (χ1) is 10.2. The van der Waals surface area contributed by atoms with Crippen LogP contribution in [-0.4, -0.2) is 11.1 Å². The van der Waals surface area contributed by atoms with Gasteiger partial charge in [-0.25, -0.2) is 0 Å². The van der Waals surface area contributed by atoms with Crippen LogP contribution in [0.2, 0.25) is 5.02 Å². The van der Waals surface area contributed by atoms with Crippen LogP contribution in [0.15, 0.2) is 48.5 Å². The van der Waals surface area contributed by atoms with Gasteiger partial charge in [-0.3, -0.25) is 0 Å². The Morgan fingerprint density at radius 3 is 2.00 bits per heavy atom. The molecule has 0 aliphatic heterocycles. The standard InChI is InChI=1S/C18H20ClNO/c19-15-9-5-13(6-10-15)18(20-16-3-1-2-4-16)14-7-11-17(21)12-8-14/h5-12,16,18,20-21H,1-4H2. The van der Waals surface area contributed by atoms with Gasteiger partial charge in [0.25, 0.3) is 0 Å². The van der Waals surface area contributed by atoms with Gasteiger partial charge in [0.1, 0.15) is 5.75 Å². The third-order valence-corrected chi connectivity index (χ3v) is 4.44. The Hall–Kier alpha value is -1.51. The molecule has 2 N–H and O–H groups in total. The first-order valence-corrected chi connectivity index (χ1v) is 7.90. The van der Waals surface area contributed by atoms with Gasteiger partial charge < -0.3 is 10.4 Å². The molecule has 110 valence electrons. The van der Waals surface area contributed by atoms with Crippen LogP contribution in [0.3, 0.4) is 0 Å². The highest BCUT2D eigenvalue weighted by atomic mass is 35.5. The molecular formula is C18H20ClNO. The molecule has 0 spiro atoms. The van der Waals surface area contributed by atoms with E-state index >= 15 is 0 Å². The van der Waals surface area contributed by atoms with Crippen molar-refractivity contribution in [1.29, 1.82) is 0 Å². The van der Waals surface area contributed by atoms with Crippen molar-refractivity contribution in [3.8, 4) is 5.75 Å². The highest BCUT2D eigenvalue weighted by Crippen LogP contribution is 2.28. The van der Waals surface area contributed by atoms with E-state index in [0.717, 1.165) is 5.02 Å². The summed E-state index contributed by atoms with van der Waals surface area (Å²) in [6, 6.07) is 16.2. The Kier molecular flexibility index (Phi) is 4.47. The number of phenolic OH excluding ortho intramolecular Hbond substituents is 1. The minimum absolute atomic E-state index is 0.144. The number of hydrogen-bond donors (Lipinski definition) is 2. The molecule has 0 amide bonds. The summed E-state index contributed by atoms with van der Waals surface area (Å²) in [5.74, 6) is 0.300. The van der Waals surface area contributed by atoms with Crippen LogP contribution in [0.25, 0.3) is 0 Å². The Labute approximate surface area is 130 Å². The molecule has 1 saturated carbocycles. The van der Waals surface area contributed by atoms with Crippen LogP contribution >= 0.6 is 11.6 Å². The summed E-state index contributed by atoms with van der Waals surface area (Å²) in [7, 11) is 0. The van der Waals surface area contributed by atoms with Crippen molar-refractivity contribution in [2.24, 2.45) is 0 Å². The number of nitrogens with one attached hydrogen (secondary N) is 1. The molecule has 1 fully saturated rings. The summed E-state index contributed by atoms with van der Waals surface area (Å²) in [5, 5.41) is 14.0. The van der Waals surface area contributed by atoms with Gasteiger partial charge in [0.05, 0.1) is 6.04 Å². The van der Waals surface area contributed by atoms with Gasteiger partial charge in [-0.2, -0.15) is 0 Å². The zero-order valence-electron chi connectivity index (χ0n) is 11.9. The summed E-state index contributed by atoms with van der Waals surface area (Å²) in [5.41, 5.74) is 2.37. The van der Waals surface area contributed by atoms with Crippen molar-refractivity contribution in [2.45, 2.75) is 37.8 Å². The molecule has 0 aromatic heterocycles. The molecule has 0 saturated heterocycles. The fourth-order valence-electron chi connectivity index (χ4n) is 3.04. The Balaban J connectivity index is 1.89. The van der Waals surface area contributed by atoms with E-state index in [-0.39, 0.29) is 6.04 Å². The summed E-state index contributed by atoms with van der Waals surface area (Å²) in [6.07, 6.45) is 5.09. The molecule has 2 nitrogen and oxygen atoms in total. The van der Waals surface area contributed by atoms with Gasteiger partial charge in [-0.05, 0) is 48.2 Å². The Morgan fingerprint density at radius 2 is 1.43 bits per heavy atom. The maximum absolute atomic E-state index is 9.49. The third kappa shape index (κ3) is 3.58. The van der Waals surface area contributed by atoms with E-state index in [1.54, 1.807) is 12.1 Å². The van der Waals surface area contributed by atoms with Crippen molar-refractivity contribution >= 4 is 11.6 Å². The molecule has 1 atom stereocenters. The Morgan fingerprint density at radius 1 is 0.905 bits per heavy atom. The second-order valence-corrected chi connectivity index (χ2v) is 6.16. The molecule has 2 aromatic rings.